The van der Waals surface area contributed by atoms with Gasteiger partial charge in [-0.05, 0) is 25.3 Å². The van der Waals surface area contributed by atoms with Crippen molar-refractivity contribution in [3.8, 4) is 6.07 Å². The van der Waals surface area contributed by atoms with Crippen molar-refractivity contribution in [3.63, 3.8) is 0 Å². The number of aryl methyl sites for hydroxylation is 2. The minimum atomic E-state index is 0.487. The second kappa shape index (κ2) is 5.48. The largest absolute Gasteiger partial charge is 0.335 e. The highest BCUT2D eigenvalue weighted by Gasteiger charge is 2.15. The lowest BCUT2D eigenvalue weighted by molar-refractivity contribution is 0.877. The summed E-state index contributed by atoms with van der Waals surface area (Å²) in [5.74, 6) is 0.487. The zero-order valence-electron chi connectivity index (χ0n) is 11.3. The van der Waals surface area contributed by atoms with E-state index in [9.17, 15) is 5.26 Å². The van der Waals surface area contributed by atoms with E-state index in [0.29, 0.717) is 11.4 Å². The molecule has 6 nitrogen and oxygen atoms in total. The molecule has 0 aliphatic carbocycles. The second-order valence-electron chi connectivity index (χ2n) is 4.20. The first-order valence-corrected chi connectivity index (χ1v) is 6.26. The predicted octanol–water partition coefficient (Wildman–Crippen LogP) is 2.25. The number of aromatic nitrogens is 4. The Labute approximate surface area is 111 Å². The first-order valence-electron chi connectivity index (χ1n) is 6.26. The van der Waals surface area contributed by atoms with Gasteiger partial charge in [0.25, 0.3) is 0 Å². The maximum atomic E-state index is 9.37. The van der Waals surface area contributed by atoms with Gasteiger partial charge in [0.15, 0.2) is 5.82 Å². The number of nitriles is 1. The average molecular weight is 256 g/mol. The van der Waals surface area contributed by atoms with Gasteiger partial charge in [0.1, 0.15) is 11.6 Å². The van der Waals surface area contributed by atoms with Crippen LogP contribution < -0.4 is 5.32 Å². The first-order chi connectivity index (χ1) is 9.21. The van der Waals surface area contributed by atoms with E-state index >= 15 is 0 Å². The van der Waals surface area contributed by atoms with Crippen LogP contribution in [0.1, 0.15) is 36.4 Å². The Kier molecular flexibility index (Phi) is 3.76. The van der Waals surface area contributed by atoms with Gasteiger partial charge >= 0.3 is 0 Å². The Hall–Kier alpha value is -2.42. The number of rotatable bonds is 4. The monoisotopic (exact) mass is 256 g/mol. The Morgan fingerprint density at radius 2 is 2.11 bits per heavy atom. The van der Waals surface area contributed by atoms with Crippen molar-refractivity contribution in [3.05, 3.63) is 28.7 Å². The van der Waals surface area contributed by atoms with Crippen molar-refractivity contribution in [2.45, 2.75) is 33.6 Å². The van der Waals surface area contributed by atoms with Crippen molar-refractivity contribution in [1.82, 2.24) is 20.4 Å². The summed E-state index contributed by atoms with van der Waals surface area (Å²) in [6.45, 7) is 5.93. The van der Waals surface area contributed by atoms with Gasteiger partial charge in [-0.2, -0.15) is 15.5 Å². The number of anilines is 2. The van der Waals surface area contributed by atoms with Gasteiger partial charge in [0.2, 0.25) is 0 Å². The molecule has 0 amide bonds. The molecule has 0 saturated carbocycles. The quantitative estimate of drug-likeness (QED) is 0.875. The van der Waals surface area contributed by atoms with E-state index in [0.717, 1.165) is 35.5 Å². The van der Waals surface area contributed by atoms with Crippen molar-refractivity contribution in [2.75, 3.05) is 5.32 Å². The molecule has 2 aromatic heterocycles. The molecule has 0 radical (unpaired) electrons. The van der Waals surface area contributed by atoms with Gasteiger partial charge in [-0.15, -0.1) is 5.10 Å². The minimum absolute atomic E-state index is 0.487. The number of aromatic amines is 1. The average Bonchev–Trinajstić information content (AvgIpc) is 2.83. The normalized spacial score (nSPS) is 10.2. The van der Waals surface area contributed by atoms with Crippen molar-refractivity contribution < 1.29 is 0 Å². The molecule has 0 spiro atoms. The summed E-state index contributed by atoms with van der Waals surface area (Å²) in [5.41, 5.74) is 4.10. The Bertz CT molecular complexity index is 623. The van der Waals surface area contributed by atoms with E-state index in [-0.39, 0.29) is 0 Å². The Morgan fingerprint density at radius 1 is 1.32 bits per heavy atom. The van der Waals surface area contributed by atoms with Crippen LogP contribution >= 0.6 is 0 Å². The van der Waals surface area contributed by atoms with Gasteiger partial charge in [0.05, 0.1) is 23.3 Å². The Balaban J connectivity index is 2.47. The predicted molar refractivity (Wildman–Crippen MR) is 72.1 cm³/mol. The molecule has 98 valence electrons. The third-order valence-electron chi connectivity index (χ3n) is 3.04. The highest BCUT2D eigenvalue weighted by atomic mass is 15.2. The third kappa shape index (κ3) is 2.40. The van der Waals surface area contributed by atoms with E-state index in [4.69, 9.17) is 0 Å². The summed E-state index contributed by atoms with van der Waals surface area (Å²) in [7, 11) is 0. The van der Waals surface area contributed by atoms with Gasteiger partial charge < -0.3 is 5.32 Å². The molecule has 0 fully saturated rings. The topological polar surface area (TPSA) is 90.3 Å². The summed E-state index contributed by atoms with van der Waals surface area (Å²) < 4.78 is 0. The number of hydrogen-bond donors (Lipinski definition) is 2. The Morgan fingerprint density at radius 3 is 2.63 bits per heavy atom. The molecule has 2 heterocycles. The van der Waals surface area contributed by atoms with E-state index in [2.05, 4.69) is 31.8 Å². The SMILES string of the molecule is CCc1nnc(Nc2cn[nH]c2C)c(C#N)c1CC. The first kappa shape index (κ1) is 13.0. The molecule has 2 rings (SSSR count). The van der Waals surface area contributed by atoms with Crippen LogP contribution in [0.15, 0.2) is 6.20 Å². The molecule has 0 aromatic carbocycles. The minimum Gasteiger partial charge on any atom is -0.335 e. The van der Waals surface area contributed by atoms with Crippen LogP contribution in [0.2, 0.25) is 0 Å². The molecule has 6 heteroatoms. The van der Waals surface area contributed by atoms with Crippen LogP contribution in [0.4, 0.5) is 11.5 Å². The molecule has 19 heavy (non-hydrogen) atoms. The molecule has 0 bridgehead atoms. The van der Waals surface area contributed by atoms with Crippen molar-refractivity contribution in [2.24, 2.45) is 0 Å². The molecule has 2 N–H and O–H groups in total. The lowest BCUT2D eigenvalue weighted by Gasteiger charge is -2.11. The zero-order valence-corrected chi connectivity index (χ0v) is 11.3. The molecule has 0 aliphatic heterocycles. The zero-order chi connectivity index (χ0) is 13.8. The van der Waals surface area contributed by atoms with Gasteiger partial charge in [-0.1, -0.05) is 13.8 Å². The van der Waals surface area contributed by atoms with Crippen LogP contribution in [0, 0.1) is 18.3 Å². The highest BCUT2D eigenvalue weighted by Crippen LogP contribution is 2.23. The van der Waals surface area contributed by atoms with Crippen LogP contribution in [0.25, 0.3) is 0 Å². The van der Waals surface area contributed by atoms with E-state index in [1.165, 1.54) is 0 Å². The summed E-state index contributed by atoms with van der Waals surface area (Å²) in [4.78, 5) is 0. The van der Waals surface area contributed by atoms with Gasteiger partial charge in [-0.3, -0.25) is 5.10 Å². The fraction of sp³-hybridized carbons (Fsp3) is 0.385. The highest BCUT2D eigenvalue weighted by molar-refractivity contribution is 5.65. The van der Waals surface area contributed by atoms with Crippen LogP contribution in [0.3, 0.4) is 0 Å². The van der Waals surface area contributed by atoms with Crippen LogP contribution in [0.5, 0.6) is 0 Å². The summed E-state index contributed by atoms with van der Waals surface area (Å²) in [6, 6.07) is 2.23. The van der Waals surface area contributed by atoms with Crippen molar-refractivity contribution >= 4 is 11.5 Å². The maximum Gasteiger partial charge on any atom is 0.171 e. The number of hydrogen-bond acceptors (Lipinski definition) is 5. The summed E-state index contributed by atoms with van der Waals surface area (Å²) in [6.07, 6.45) is 3.20. The standard InChI is InChI=1S/C13H16N6/c1-4-9-10(6-14)13(19-18-11(9)5-2)16-12-7-15-17-8(12)3/h7H,4-5H2,1-3H3,(H,15,17)(H,16,19). The smallest absolute Gasteiger partial charge is 0.171 e. The fourth-order valence-corrected chi connectivity index (χ4v) is 1.99. The van der Waals surface area contributed by atoms with E-state index < -0.39 is 0 Å². The van der Waals surface area contributed by atoms with Crippen LogP contribution in [-0.4, -0.2) is 20.4 Å². The maximum absolute atomic E-state index is 9.37. The molecule has 0 saturated heterocycles. The van der Waals surface area contributed by atoms with Gasteiger partial charge in [-0.25, -0.2) is 0 Å². The van der Waals surface area contributed by atoms with Gasteiger partial charge in [0, 0.05) is 0 Å². The van der Waals surface area contributed by atoms with E-state index in [1.54, 1.807) is 6.20 Å². The fourth-order valence-electron chi connectivity index (χ4n) is 1.99. The third-order valence-corrected chi connectivity index (χ3v) is 3.04. The van der Waals surface area contributed by atoms with Crippen molar-refractivity contribution in [1.29, 1.82) is 5.26 Å². The number of nitrogens with zero attached hydrogens (tertiary/aromatic N) is 4. The number of H-pyrrole nitrogens is 1. The molecule has 2 aromatic rings. The molecule has 0 atom stereocenters. The number of nitrogens with one attached hydrogen (secondary N) is 2. The second-order valence-corrected chi connectivity index (χ2v) is 4.20. The van der Waals surface area contributed by atoms with E-state index in [1.807, 2.05) is 20.8 Å². The molecular weight excluding hydrogens is 240 g/mol. The molecule has 0 unspecified atom stereocenters. The summed E-state index contributed by atoms with van der Waals surface area (Å²) >= 11 is 0. The molecule has 0 aliphatic rings. The lowest BCUT2D eigenvalue weighted by atomic mass is 10.0. The van der Waals surface area contributed by atoms with Crippen LogP contribution in [-0.2, 0) is 12.8 Å². The lowest BCUT2D eigenvalue weighted by Crippen LogP contribution is -2.07. The molecular formula is C13H16N6. The summed E-state index contributed by atoms with van der Waals surface area (Å²) in [5, 5.41) is 27.6.